The van der Waals surface area contributed by atoms with E-state index in [0.717, 1.165) is 23.3 Å². The van der Waals surface area contributed by atoms with Crippen LogP contribution in [-0.4, -0.2) is 141 Å². The van der Waals surface area contributed by atoms with Crippen LogP contribution in [0.2, 0.25) is 0 Å². The van der Waals surface area contributed by atoms with Gasteiger partial charge in [0, 0.05) is 19.6 Å². The molecule has 0 unspecified atom stereocenters. The molecule has 0 saturated carbocycles. The first-order valence-electron chi connectivity index (χ1n) is 18.2. The zero-order valence-electron chi connectivity index (χ0n) is 32.0. The molecular formula is C34H50N8O11. The second kappa shape index (κ2) is 24.6. The van der Waals surface area contributed by atoms with Gasteiger partial charge in [-0.05, 0) is 31.2 Å². The summed E-state index contributed by atoms with van der Waals surface area (Å²) in [5.74, 6) is -6.92. The van der Waals surface area contributed by atoms with Crippen LogP contribution in [0.5, 0.6) is 0 Å². The van der Waals surface area contributed by atoms with Crippen molar-refractivity contribution in [2.45, 2.75) is 52.2 Å². The first kappa shape index (κ1) is 40.2. The summed E-state index contributed by atoms with van der Waals surface area (Å²) in [6.07, 6.45) is 2.08. The number of nitrogens with zero attached hydrogens (tertiary/aromatic N) is 2. The lowest BCUT2D eigenvalue weighted by molar-refractivity contribution is -0.145. The molecular weight excluding hydrogens is 696 g/mol. The number of esters is 1. The van der Waals surface area contributed by atoms with Crippen molar-refractivity contribution in [2.24, 2.45) is 0 Å². The van der Waals surface area contributed by atoms with Gasteiger partial charge in [-0.15, -0.1) is 0 Å². The van der Waals surface area contributed by atoms with Crippen LogP contribution in [0.15, 0.2) is 30.3 Å². The largest absolute Gasteiger partial charge is 0.460 e. The maximum atomic E-state index is 12.9. The normalized spacial score (nSPS) is 14.1. The van der Waals surface area contributed by atoms with Crippen molar-refractivity contribution in [1.82, 2.24) is 41.7 Å². The van der Waals surface area contributed by atoms with Gasteiger partial charge in [0.2, 0.25) is 47.3 Å². The van der Waals surface area contributed by atoms with E-state index in [-0.39, 0.29) is 32.1 Å². The second-order valence-electron chi connectivity index (χ2n) is 11.7. The van der Waals surface area contributed by atoms with E-state index in [9.17, 15) is 43.2 Å². The number of carbonyl (C=O) groups is 9. The van der Waals surface area contributed by atoms with E-state index in [1.165, 1.54) is 0 Å². The van der Waals surface area contributed by atoms with E-state index in [2.05, 4.69) is 21.3 Å². The Kier molecular flexibility index (Phi) is 18.6. The van der Waals surface area contributed by atoms with Gasteiger partial charge in [-0.3, -0.25) is 43.2 Å². The van der Waals surface area contributed by atoms with Gasteiger partial charge in [0.1, 0.15) is 32.4 Å². The average molecular weight is 749 g/mol. The molecule has 0 aliphatic carbocycles. The summed E-state index contributed by atoms with van der Waals surface area (Å²) in [7, 11) is 0. The number of nitrogens with one attached hydrogen (secondary N) is 6. The second-order valence-corrected chi connectivity index (χ2v) is 11.7. The van der Waals surface area contributed by atoms with Crippen LogP contribution in [0.1, 0.15) is 47.8 Å². The zero-order chi connectivity index (χ0) is 40.8. The molecule has 1 fully saturated rings. The summed E-state index contributed by atoms with van der Waals surface area (Å²) in [6, 6.07) is 7.67. The molecule has 1 aromatic carbocycles. The summed E-state index contributed by atoms with van der Waals surface area (Å²) in [5, 5.41) is 13.1. The predicted molar refractivity (Wildman–Crippen MR) is 187 cm³/mol. The molecule has 0 spiro atoms. The molecule has 1 heterocycles. The van der Waals surface area contributed by atoms with Crippen LogP contribution in [0.3, 0.4) is 0 Å². The van der Waals surface area contributed by atoms with Gasteiger partial charge < -0.3 is 51.2 Å². The number of amides is 8. The van der Waals surface area contributed by atoms with Crippen LogP contribution in [0.25, 0.3) is 0 Å². The molecule has 53 heavy (non-hydrogen) atoms. The lowest BCUT2D eigenvalue weighted by atomic mass is 10.2. The van der Waals surface area contributed by atoms with Crippen LogP contribution < -0.4 is 31.9 Å². The van der Waals surface area contributed by atoms with Gasteiger partial charge in [-0.2, -0.15) is 0 Å². The highest BCUT2D eigenvalue weighted by Crippen LogP contribution is 2.17. The fraction of sp³-hybridized carbons (Fsp3) is 0.559. The number of ether oxygens (including phenoxy) is 2. The minimum Gasteiger partial charge on any atom is -0.460 e. The molecule has 2 rings (SSSR count). The highest BCUT2D eigenvalue weighted by molar-refractivity contribution is 5.94. The highest BCUT2D eigenvalue weighted by atomic mass is 16.5. The number of hydrogen-bond donors (Lipinski definition) is 6. The first-order chi connectivity index (χ1) is 26.2. The molecule has 1 atom stereocenters. The number of benzene rings is 1. The lowest BCUT2D eigenvalue weighted by Crippen LogP contribution is -2.51. The van der Waals surface area contributed by atoms with Crippen LogP contribution in [0, 0.1) is 0 Å². The van der Waals surface area contributed by atoms with Gasteiger partial charge in [0.05, 0.1) is 35.4 Å². The SMILES string of the molecule is [2H]C([2H])(NC(=O)[C@@H]1CCCN1C(=O)CNC(=O)CNC(=O)CNC(=O)COCC(=O)N(CCC)CCC)C(=O)NCC(=O)NCC(=O)OCc1ccccc1. The molecule has 1 aliphatic rings. The van der Waals surface area contributed by atoms with Crippen molar-refractivity contribution >= 4 is 53.2 Å². The maximum absolute atomic E-state index is 12.9. The number of hydrogen-bond acceptors (Lipinski definition) is 11. The standard InChI is InChI=1S/C34H50N8O11/c1-3-12-41(13-4-2)32(49)23-52-22-30(47)37-17-26(43)35-15-27(44)38-19-31(48)42-14-8-11-25(42)34(51)40-18-29(46)36-16-28(45)39-20-33(50)53-21-24-9-6-5-7-10-24/h5-7,9-10,25H,3-4,8,11-23H2,1-2H3,(H,35,43)(H,36,46)(H,37,47)(H,38,44)(H,39,45)(H,40,51)/t25-/m0/s1/i18D2. The van der Waals surface area contributed by atoms with Crippen molar-refractivity contribution < 1.29 is 55.4 Å². The predicted octanol–water partition coefficient (Wildman–Crippen LogP) is -2.92. The number of rotatable bonds is 23. The number of likely N-dealkylation sites (tertiary alicyclic amines) is 1. The molecule has 1 saturated heterocycles. The van der Waals surface area contributed by atoms with Crippen molar-refractivity contribution in [3.63, 3.8) is 0 Å². The van der Waals surface area contributed by atoms with E-state index in [1.54, 1.807) is 35.2 Å². The van der Waals surface area contributed by atoms with E-state index >= 15 is 0 Å². The molecule has 0 aromatic heterocycles. The summed E-state index contributed by atoms with van der Waals surface area (Å²) >= 11 is 0. The Morgan fingerprint density at radius 3 is 1.92 bits per heavy atom. The van der Waals surface area contributed by atoms with Gasteiger partial charge >= 0.3 is 5.97 Å². The van der Waals surface area contributed by atoms with Crippen LogP contribution >= 0.6 is 0 Å². The summed E-state index contributed by atoms with van der Waals surface area (Å²) in [6.45, 7) is -1.34. The van der Waals surface area contributed by atoms with Gasteiger partial charge in [0.25, 0.3) is 0 Å². The summed E-state index contributed by atoms with van der Waals surface area (Å²) in [5.41, 5.74) is 0.742. The van der Waals surface area contributed by atoms with Gasteiger partial charge in [-0.25, -0.2) is 0 Å². The number of carbonyl (C=O) groups excluding carboxylic acids is 9. The third-order valence-corrected chi connectivity index (χ3v) is 7.38. The lowest BCUT2D eigenvalue weighted by Gasteiger charge is -2.24. The molecule has 292 valence electrons. The third-order valence-electron chi connectivity index (χ3n) is 7.38. The Labute approximate surface area is 310 Å². The molecule has 8 amide bonds. The monoisotopic (exact) mass is 748 g/mol. The fourth-order valence-electron chi connectivity index (χ4n) is 4.80. The Morgan fingerprint density at radius 1 is 0.736 bits per heavy atom. The Hall–Kier alpha value is -5.59. The topological polar surface area (TPSA) is 251 Å². The van der Waals surface area contributed by atoms with Crippen LogP contribution in [0.4, 0.5) is 0 Å². The Balaban J connectivity index is 1.67. The molecule has 0 radical (unpaired) electrons. The molecule has 1 aliphatic heterocycles. The summed E-state index contributed by atoms with van der Waals surface area (Å²) in [4.78, 5) is 113. The van der Waals surface area contributed by atoms with Crippen molar-refractivity contribution in [3.05, 3.63) is 35.9 Å². The van der Waals surface area contributed by atoms with E-state index in [1.807, 2.05) is 24.5 Å². The molecule has 0 bridgehead atoms. The van der Waals surface area contributed by atoms with Gasteiger partial charge in [0.15, 0.2) is 0 Å². The third kappa shape index (κ3) is 17.9. The van der Waals surface area contributed by atoms with E-state index in [4.69, 9.17) is 12.2 Å². The average Bonchev–Trinajstić information content (AvgIpc) is 3.66. The van der Waals surface area contributed by atoms with Gasteiger partial charge in [-0.1, -0.05) is 44.2 Å². The van der Waals surface area contributed by atoms with Crippen molar-refractivity contribution in [1.29, 1.82) is 0 Å². The first-order valence-corrected chi connectivity index (χ1v) is 17.2. The minimum atomic E-state index is -2.98. The molecule has 19 nitrogen and oxygen atoms in total. The zero-order valence-corrected chi connectivity index (χ0v) is 30.0. The van der Waals surface area contributed by atoms with E-state index in [0.29, 0.717) is 19.5 Å². The van der Waals surface area contributed by atoms with E-state index < -0.39 is 99.2 Å². The van der Waals surface area contributed by atoms with Crippen molar-refractivity contribution in [3.8, 4) is 0 Å². The molecule has 1 aromatic rings. The highest BCUT2D eigenvalue weighted by Gasteiger charge is 2.34. The summed E-state index contributed by atoms with van der Waals surface area (Å²) < 4.78 is 26.1. The molecule has 6 N–H and O–H groups in total. The van der Waals surface area contributed by atoms with Crippen molar-refractivity contribution in [2.75, 3.05) is 72.1 Å². The maximum Gasteiger partial charge on any atom is 0.325 e. The Bertz CT molecular complexity index is 1510. The Morgan fingerprint density at radius 2 is 1.30 bits per heavy atom. The van der Waals surface area contributed by atoms with Crippen LogP contribution in [-0.2, 0) is 59.2 Å². The molecule has 19 heteroatoms. The fourth-order valence-corrected chi connectivity index (χ4v) is 4.80. The smallest absolute Gasteiger partial charge is 0.325 e. The quantitative estimate of drug-likeness (QED) is 0.0619. The minimum absolute atomic E-state index is 0.00392.